The largest absolute Gasteiger partial charge is 0.325 e. The molecule has 0 heterocycles. The summed E-state index contributed by atoms with van der Waals surface area (Å²) in [5, 5.41) is 3.01. The van der Waals surface area contributed by atoms with Crippen molar-refractivity contribution in [2.75, 3.05) is 5.32 Å². The third kappa shape index (κ3) is 3.22. The van der Waals surface area contributed by atoms with Gasteiger partial charge in [0.05, 0.1) is 5.69 Å². The van der Waals surface area contributed by atoms with E-state index in [9.17, 15) is 4.79 Å². The van der Waals surface area contributed by atoms with Crippen LogP contribution in [0, 0.1) is 19.8 Å². The van der Waals surface area contributed by atoms with E-state index in [-0.39, 0.29) is 5.91 Å². The number of halogens is 1. The molecule has 18 heavy (non-hydrogen) atoms. The zero-order valence-corrected chi connectivity index (χ0v) is 12.4. The van der Waals surface area contributed by atoms with Crippen LogP contribution in [0.25, 0.3) is 0 Å². The van der Waals surface area contributed by atoms with Crippen molar-refractivity contribution < 1.29 is 4.79 Å². The minimum Gasteiger partial charge on any atom is -0.325 e. The SMILES string of the molecule is Cc1cc(C)c(NC(=O)CC2C=CCC2)c(Br)c1. The van der Waals surface area contributed by atoms with Gasteiger partial charge in [-0.05, 0) is 65.7 Å². The van der Waals surface area contributed by atoms with Crippen molar-refractivity contribution in [3.63, 3.8) is 0 Å². The van der Waals surface area contributed by atoms with Gasteiger partial charge in [-0.15, -0.1) is 0 Å². The summed E-state index contributed by atoms with van der Waals surface area (Å²) in [6, 6.07) is 4.11. The molecule has 1 aliphatic rings. The average Bonchev–Trinajstić information content (AvgIpc) is 2.76. The van der Waals surface area contributed by atoms with E-state index >= 15 is 0 Å². The van der Waals surface area contributed by atoms with Crippen LogP contribution in [0.4, 0.5) is 5.69 Å². The highest BCUT2D eigenvalue weighted by atomic mass is 79.9. The fraction of sp³-hybridized carbons (Fsp3) is 0.400. The Hall–Kier alpha value is -1.09. The molecule has 1 aromatic carbocycles. The van der Waals surface area contributed by atoms with Gasteiger partial charge in [-0.3, -0.25) is 4.79 Å². The van der Waals surface area contributed by atoms with E-state index in [1.807, 2.05) is 19.9 Å². The van der Waals surface area contributed by atoms with Crippen molar-refractivity contribution in [1.29, 1.82) is 0 Å². The average molecular weight is 308 g/mol. The van der Waals surface area contributed by atoms with Crippen LogP contribution in [0.15, 0.2) is 28.8 Å². The highest BCUT2D eigenvalue weighted by molar-refractivity contribution is 9.10. The molecular weight excluding hydrogens is 290 g/mol. The maximum atomic E-state index is 12.0. The zero-order chi connectivity index (χ0) is 13.1. The van der Waals surface area contributed by atoms with Gasteiger partial charge in [-0.1, -0.05) is 18.2 Å². The fourth-order valence-electron chi connectivity index (χ4n) is 2.37. The standard InChI is InChI=1S/C15H18BrNO/c1-10-7-11(2)15(13(16)8-10)17-14(18)9-12-5-3-4-6-12/h3,5,7-8,12H,4,6,9H2,1-2H3,(H,17,18). The zero-order valence-electron chi connectivity index (χ0n) is 10.8. The molecule has 0 aromatic heterocycles. The van der Waals surface area contributed by atoms with Gasteiger partial charge in [-0.2, -0.15) is 0 Å². The molecule has 1 atom stereocenters. The molecule has 1 aromatic rings. The summed E-state index contributed by atoms with van der Waals surface area (Å²) in [7, 11) is 0. The molecular formula is C15H18BrNO. The van der Waals surface area contributed by atoms with Gasteiger partial charge in [0.1, 0.15) is 0 Å². The minimum atomic E-state index is 0.0965. The number of allylic oxidation sites excluding steroid dienone is 2. The topological polar surface area (TPSA) is 29.1 Å². The minimum absolute atomic E-state index is 0.0965. The Labute approximate surface area is 117 Å². The lowest BCUT2D eigenvalue weighted by molar-refractivity contribution is -0.116. The van der Waals surface area contributed by atoms with Crippen molar-refractivity contribution in [2.45, 2.75) is 33.1 Å². The Morgan fingerprint density at radius 3 is 2.83 bits per heavy atom. The first-order valence-corrected chi connectivity index (χ1v) is 7.09. The monoisotopic (exact) mass is 307 g/mol. The van der Waals surface area contributed by atoms with Crippen LogP contribution >= 0.6 is 15.9 Å². The van der Waals surface area contributed by atoms with E-state index in [1.165, 1.54) is 5.56 Å². The second kappa shape index (κ2) is 5.70. The Morgan fingerprint density at radius 1 is 1.44 bits per heavy atom. The lowest BCUT2D eigenvalue weighted by atomic mass is 10.0. The van der Waals surface area contributed by atoms with Gasteiger partial charge in [0.2, 0.25) is 5.91 Å². The number of nitrogens with one attached hydrogen (secondary N) is 1. The van der Waals surface area contributed by atoms with Crippen molar-refractivity contribution in [2.24, 2.45) is 5.92 Å². The predicted molar refractivity (Wildman–Crippen MR) is 78.7 cm³/mol. The van der Waals surface area contributed by atoms with E-state index in [0.717, 1.165) is 28.6 Å². The van der Waals surface area contributed by atoms with Crippen LogP contribution in [0.5, 0.6) is 0 Å². The lowest BCUT2D eigenvalue weighted by Crippen LogP contribution is -2.16. The van der Waals surface area contributed by atoms with E-state index in [4.69, 9.17) is 0 Å². The Bertz CT molecular complexity index is 470. The first-order chi connectivity index (χ1) is 8.56. The second-order valence-electron chi connectivity index (χ2n) is 4.96. The molecule has 1 N–H and O–H groups in total. The third-order valence-electron chi connectivity index (χ3n) is 3.26. The van der Waals surface area contributed by atoms with E-state index in [2.05, 4.69) is 39.5 Å². The molecule has 0 fully saturated rings. The number of hydrogen-bond donors (Lipinski definition) is 1. The fourth-order valence-corrected chi connectivity index (χ4v) is 3.14. The van der Waals surface area contributed by atoms with Crippen LogP contribution in [-0.2, 0) is 4.79 Å². The van der Waals surface area contributed by atoms with Crippen LogP contribution < -0.4 is 5.32 Å². The molecule has 96 valence electrons. The number of benzene rings is 1. The van der Waals surface area contributed by atoms with Crippen molar-refractivity contribution in [3.8, 4) is 0 Å². The van der Waals surface area contributed by atoms with Gasteiger partial charge in [0, 0.05) is 10.9 Å². The highest BCUT2D eigenvalue weighted by Crippen LogP contribution is 2.28. The van der Waals surface area contributed by atoms with Crippen LogP contribution in [0.1, 0.15) is 30.4 Å². The van der Waals surface area contributed by atoms with Crippen LogP contribution in [0.3, 0.4) is 0 Å². The summed E-state index contributed by atoms with van der Waals surface area (Å²) in [6.45, 7) is 4.07. The van der Waals surface area contributed by atoms with Crippen molar-refractivity contribution in [3.05, 3.63) is 39.9 Å². The van der Waals surface area contributed by atoms with Gasteiger partial charge >= 0.3 is 0 Å². The number of anilines is 1. The molecule has 1 unspecified atom stereocenters. The molecule has 2 rings (SSSR count). The number of amides is 1. The number of hydrogen-bond acceptors (Lipinski definition) is 1. The molecule has 1 amide bonds. The smallest absolute Gasteiger partial charge is 0.225 e. The maximum Gasteiger partial charge on any atom is 0.225 e. The van der Waals surface area contributed by atoms with Crippen molar-refractivity contribution >= 4 is 27.5 Å². The highest BCUT2D eigenvalue weighted by Gasteiger charge is 2.15. The molecule has 0 spiro atoms. The summed E-state index contributed by atoms with van der Waals surface area (Å²) in [5.41, 5.74) is 3.18. The Balaban J connectivity index is 2.04. The molecule has 0 saturated heterocycles. The van der Waals surface area contributed by atoms with E-state index in [1.54, 1.807) is 0 Å². The van der Waals surface area contributed by atoms with Crippen LogP contribution in [0.2, 0.25) is 0 Å². The molecule has 3 heteroatoms. The Morgan fingerprint density at radius 2 is 2.22 bits per heavy atom. The normalized spacial score (nSPS) is 18.1. The summed E-state index contributed by atoms with van der Waals surface area (Å²) in [5.74, 6) is 0.508. The molecule has 0 bridgehead atoms. The van der Waals surface area contributed by atoms with Crippen LogP contribution in [-0.4, -0.2) is 5.91 Å². The number of aryl methyl sites for hydroxylation is 2. The summed E-state index contributed by atoms with van der Waals surface area (Å²) in [4.78, 5) is 12.0. The quantitative estimate of drug-likeness (QED) is 0.826. The first-order valence-electron chi connectivity index (χ1n) is 6.29. The predicted octanol–water partition coefficient (Wildman–Crippen LogP) is 4.36. The summed E-state index contributed by atoms with van der Waals surface area (Å²) in [6.07, 6.45) is 7.09. The first kappa shape index (κ1) is 13.3. The summed E-state index contributed by atoms with van der Waals surface area (Å²) < 4.78 is 0.954. The Kier molecular flexibility index (Phi) is 4.23. The number of rotatable bonds is 3. The van der Waals surface area contributed by atoms with Gasteiger partial charge in [0.15, 0.2) is 0 Å². The third-order valence-corrected chi connectivity index (χ3v) is 3.88. The maximum absolute atomic E-state index is 12.0. The van der Waals surface area contributed by atoms with Crippen molar-refractivity contribution in [1.82, 2.24) is 0 Å². The number of carbonyl (C=O) groups is 1. The van der Waals surface area contributed by atoms with Gasteiger partial charge < -0.3 is 5.32 Å². The molecule has 0 radical (unpaired) electrons. The van der Waals surface area contributed by atoms with Gasteiger partial charge in [0.25, 0.3) is 0 Å². The second-order valence-corrected chi connectivity index (χ2v) is 5.81. The van der Waals surface area contributed by atoms with Gasteiger partial charge in [-0.25, -0.2) is 0 Å². The molecule has 0 aliphatic heterocycles. The number of carbonyl (C=O) groups excluding carboxylic acids is 1. The molecule has 2 nitrogen and oxygen atoms in total. The van der Waals surface area contributed by atoms with E-state index < -0.39 is 0 Å². The van der Waals surface area contributed by atoms with E-state index in [0.29, 0.717) is 12.3 Å². The summed E-state index contributed by atoms with van der Waals surface area (Å²) >= 11 is 3.51. The lowest BCUT2D eigenvalue weighted by Gasteiger charge is -2.13. The molecule has 1 aliphatic carbocycles. The molecule has 0 saturated carbocycles.